The Kier molecular flexibility index (Phi) is 2.84. The van der Waals surface area contributed by atoms with Crippen LogP contribution in [-0.4, -0.2) is 15.3 Å². The molecule has 0 atom stereocenters. The van der Waals surface area contributed by atoms with E-state index in [0.717, 1.165) is 12.8 Å². The van der Waals surface area contributed by atoms with Crippen LogP contribution < -0.4 is 5.43 Å². The van der Waals surface area contributed by atoms with E-state index in [1.165, 1.54) is 24.3 Å². The lowest BCUT2D eigenvalue weighted by atomic mass is 10.0. The van der Waals surface area contributed by atoms with Crippen molar-refractivity contribution in [2.45, 2.75) is 18.8 Å². The van der Waals surface area contributed by atoms with Crippen molar-refractivity contribution in [3.8, 4) is 28.6 Å². The van der Waals surface area contributed by atoms with Crippen LogP contribution in [-0.2, 0) is 0 Å². The molecule has 1 aliphatic rings. The van der Waals surface area contributed by atoms with Gasteiger partial charge in [-0.2, -0.15) is 0 Å². The Labute approximate surface area is 131 Å². The maximum absolute atomic E-state index is 12.4. The summed E-state index contributed by atoms with van der Waals surface area (Å²) in [6.45, 7) is 0. The zero-order chi connectivity index (χ0) is 16.1. The minimum atomic E-state index is -0.367. The van der Waals surface area contributed by atoms with Crippen LogP contribution >= 0.6 is 0 Å². The highest BCUT2D eigenvalue weighted by Gasteiger charge is 2.31. The van der Waals surface area contributed by atoms with E-state index in [4.69, 9.17) is 4.42 Å². The van der Waals surface area contributed by atoms with Crippen LogP contribution in [0.15, 0.2) is 45.6 Å². The summed E-state index contributed by atoms with van der Waals surface area (Å²) in [6.07, 6.45) is 1.83. The molecule has 1 saturated carbocycles. The summed E-state index contributed by atoms with van der Waals surface area (Å²) in [5, 5.41) is 29.6. The standard InChI is InChI=1S/C18H14O5/c19-11-5-3-9(4-6-11)15-8-14(22)17-13(21)7-12(20)16(10-1-2-10)18(17)23-15/h3-8,10,19-21H,1-2H2. The van der Waals surface area contributed by atoms with Crippen LogP contribution in [0.25, 0.3) is 22.3 Å². The summed E-state index contributed by atoms with van der Waals surface area (Å²) < 4.78 is 5.86. The zero-order valence-corrected chi connectivity index (χ0v) is 12.1. The molecule has 1 fully saturated rings. The smallest absolute Gasteiger partial charge is 0.197 e. The number of hydrogen-bond donors (Lipinski definition) is 3. The maximum atomic E-state index is 12.4. The molecule has 2 aromatic carbocycles. The SMILES string of the molecule is O=c1cc(-c2ccc(O)cc2)oc2c(C3CC3)c(O)cc(O)c12. The highest BCUT2D eigenvalue weighted by molar-refractivity contribution is 5.90. The Bertz CT molecular complexity index is 965. The number of aromatic hydroxyl groups is 3. The van der Waals surface area contributed by atoms with Gasteiger partial charge in [0.15, 0.2) is 5.43 Å². The molecule has 0 unspecified atom stereocenters. The second kappa shape index (κ2) is 4.78. The predicted molar refractivity (Wildman–Crippen MR) is 84.9 cm³/mol. The fourth-order valence-corrected chi connectivity index (χ4v) is 2.86. The summed E-state index contributed by atoms with van der Waals surface area (Å²) in [5.74, 6) is 0.257. The van der Waals surface area contributed by atoms with Crippen LogP contribution in [0.1, 0.15) is 24.3 Å². The fourth-order valence-electron chi connectivity index (χ4n) is 2.86. The van der Waals surface area contributed by atoms with Gasteiger partial charge in [-0.1, -0.05) is 0 Å². The first-order chi connectivity index (χ1) is 11.0. The minimum absolute atomic E-state index is 0.0523. The number of phenols is 3. The van der Waals surface area contributed by atoms with Crippen LogP contribution in [0, 0.1) is 0 Å². The van der Waals surface area contributed by atoms with Gasteiger partial charge in [0, 0.05) is 23.3 Å². The zero-order valence-electron chi connectivity index (χ0n) is 12.1. The summed E-state index contributed by atoms with van der Waals surface area (Å²) in [5.41, 5.74) is 1.08. The molecule has 0 saturated heterocycles. The summed E-state index contributed by atoms with van der Waals surface area (Å²) in [4.78, 5) is 12.4. The molecule has 0 radical (unpaired) electrons. The molecule has 0 bridgehead atoms. The van der Waals surface area contributed by atoms with E-state index in [1.807, 2.05) is 0 Å². The number of fused-ring (bicyclic) bond motifs is 1. The van der Waals surface area contributed by atoms with Crippen molar-refractivity contribution in [3.05, 3.63) is 52.2 Å². The Balaban J connectivity index is 2.04. The topological polar surface area (TPSA) is 90.9 Å². The monoisotopic (exact) mass is 310 g/mol. The molecule has 0 spiro atoms. The highest BCUT2D eigenvalue weighted by atomic mass is 16.3. The Morgan fingerprint density at radius 3 is 2.30 bits per heavy atom. The van der Waals surface area contributed by atoms with E-state index in [-0.39, 0.29) is 39.6 Å². The first-order valence-corrected chi connectivity index (χ1v) is 7.36. The van der Waals surface area contributed by atoms with Gasteiger partial charge in [0.2, 0.25) is 0 Å². The number of phenolic OH excluding ortho intramolecular Hbond substituents is 3. The number of rotatable bonds is 2. The van der Waals surface area contributed by atoms with Crippen molar-refractivity contribution in [3.63, 3.8) is 0 Å². The highest BCUT2D eigenvalue weighted by Crippen LogP contribution is 2.49. The summed E-state index contributed by atoms with van der Waals surface area (Å²) in [7, 11) is 0. The van der Waals surface area contributed by atoms with Crippen LogP contribution in [0.3, 0.4) is 0 Å². The van der Waals surface area contributed by atoms with E-state index < -0.39 is 0 Å². The second-order valence-electron chi connectivity index (χ2n) is 5.83. The van der Waals surface area contributed by atoms with E-state index >= 15 is 0 Å². The largest absolute Gasteiger partial charge is 0.508 e. The fraction of sp³-hybridized carbons (Fsp3) is 0.167. The van der Waals surface area contributed by atoms with Crippen LogP contribution in [0.4, 0.5) is 0 Å². The van der Waals surface area contributed by atoms with Crippen molar-refractivity contribution in [2.24, 2.45) is 0 Å². The molecule has 23 heavy (non-hydrogen) atoms. The van der Waals surface area contributed by atoms with Gasteiger partial charge in [-0.15, -0.1) is 0 Å². The second-order valence-corrected chi connectivity index (χ2v) is 5.83. The van der Waals surface area contributed by atoms with Gasteiger partial charge in [0.25, 0.3) is 0 Å². The van der Waals surface area contributed by atoms with Gasteiger partial charge in [0.1, 0.15) is 34.0 Å². The molecule has 4 rings (SSSR count). The first-order valence-electron chi connectivity index (χ1n) is 7.36. The van der Waals surface area contributed by atoms with E-state index in [0.29, 0.717) is 16.9 Å². The first kappa shape index (κ1) is 13.7. The minimum Gasteiger partial charge on any atom is -0.508 e. The third-order valence-corrected chi connectivity index (χ3v) is 4.14. The van der Waals surface area contributed by atoms with Gasteiger partial charge in [-0.25, -0.2) is 0 Å². The van der Waals surface area contributed by atoms with Crippen molar-refractivity contribution >= 4 is 11.0 Å². The Hall–Kier alpha value is -2.95. The van der Waals surface area contributed by atoms with Crippen molar-refractivity contribution in [1.29, 1.82) is 0 Å². The number of benzene rings is 2. The molecule has 0 amide bonds. The molecule has 1 heterocycles. The van der Waals surface area contributed by atoms with Gasteiger partial charge < -0.3 is 19.7 Å². The molecule has 5 heteroatoms. The average molecular weight is 310 g/mol. The molecule has 1 aromatic heterocycles. The van der Waals surface area contributed by atoms with Crippen LogP contribution in [0.5, 0.6) is 17.2 Å². The predicted octanol–water partition coefficient (Wildman–Crippen LogP) is 3.45. The lowest BCUT2D eigenvalue weighted by Crippen LogP contribution is -2.02. The van der Waals surface area contributed by atoms with Gasteiger partial charge in [-0.3, -0.25) is 4.79 Å². The molecular formula is C18H14O5. The molecule has 3 aromatic rings. The third kappa shape index (κ3) is 2.21. The van der Waals surface area contributed by atoms with Gasteiger partial charge in [-0.05, 0) is 43.0 Å². The van der Waals surface area contributed by atoms with Crippen molar-refractivity contribution in [2.75, 3.05) is 0 Å². The van der Waals surface area contributed by atoms with E-state index in [9.17, 15) is 20.1 Å². The summed E-state index contributed by atoms with van der Waals surface area (Å²) >= 11 is 0. The summed E-state index contributed by atoms with van der Waals surface area (Å²) in [6, 6.07) is 8.79. The van der Waals surface area contributed by atoms with Crippen molar-refractivity contribution in [1.82, 2.24) is 0 Å². The van der Waals surface area contributed by atoms with E-state index in [2.05, 4.69) is 0 Å². The molecule has 1 aliphatic carbocycles. The molecule has 116 valence electrons. The molecule has 3 N–H and O–H groups in total. The molecule has 0 aliphatic heterocycles. The quantitative estimate of drug-likeness (QED) is 0.674. The van der Waals surface area contributed by atoms with Gasteiger partial charge in [0.05, 0.1) is 0 Å². The van der Waals surface area contributed by atoms with Gasteiger partial charge >= 0.3 is 0 Å². The number of hydrogen-bond acceptors (Lipinski definition) is 5. The Morgan fingerprint density at radius 2 is 1.65 bits per heavy atom. The molecule has 5 nitrogen and oxygen atoms in total. The normalized spacial score (nSPS) is 14.3. The third-order valence-electron chi connectivity index (χ3n) is 4.14. The lowest BCUT2D eigenvalue weighted by Gasteiger charge is -2.10. The van der Waals surface area contributed by atoms with Crippen LogP contribution in [0.2, 0.25) is 0 Å². The molecular weight excluding hydrogens is 296 g/mol. The average Bonchev–Trinajstić information content (AvgIpc) is 3.31. The van der Waals surface area contributed by atoms with Crippen molar-refractivity contribution < 1.29 is 19.7 Å². The maximum Gasteiger partial charge on any atom is 0.197 e. The van der Waals surface area contributed by atoms with E-state index in [1.54, 1.807) is 12.1 Å². The lowest BCUT2D eigenvalue weighted by molar-refractivity contribution is 0.447. The Morgan fingerprint density at radius 1 is 0.957 bits per heavy atom.